The molecule has 2 rings (SSSR count). The Morgan fingerprint density at radius 3 is 2.52 bits per heavy atom. The summed E-state index contributed by atoms with van der Waals surface area (Å²) in [7, 11) is 0. The van der Waals surface area contributed by atoms with Gasteiger partial charge < -0.3 is 0 Å². The lowest BCUT2D eigenvalue weighted by atomic mass is 9.65. The first-order valence-electron chi connectivity index (χ1n) is 8.90. The number of pyridine rings is 1. The van der Waals surface area contributed by atoms with Gasteiger partial charge in [-0.05, 0) is 74.1 Å². The Morgan fingerprint density at radius 1 is 1.22 bits per heavy atom. The highest BCUT2D eigenvalue weighted by Gasteiger charge is 2.36. The molecule has 2 unspecified atom stereocenters. The molecule has 1 aliphatic rings. The predicted octanol–water partition coefficient (Wildman–Crippen LogP) is 6.51. The molecule has 0 amide bonds. The van der Waals surface area contributed by atoms with Crippen molar-refractivity contribution in [1.82, 2.24) is 4.98 Å². The molecule has 0 saturated heterocycles. The van der Waals surface area contributed by atoms with Crippen molar-refractivity contribution in [2.75, 3.05) is 0 Å². The molecular formula is C22H31N. The van der Waals surface area contributed by atoms with Crippen molar-refractivity contribution in [2.45, 2.75) is 60.8 Å². The number of hydrogen-bond acceptors (Lipinski definition) is 1. The zero-order valence-corrected chi connectivity index (χ0v) is 15.6. The molecule has 0 radical (unpaired) electrons. The van der Waals surface area contributed by atoms with Gasteiger partial charge >= 0.3 is 0 Å². The fourth-order valence-corrected chi connectivity index (χ4v) is 3.64. The van der Waals surface area contributed by atoms with Crippen molar-refractivity contribution in [1.29, 1.82) is 0 Å². The Hall–Kier alpha value is -1.63. The molecule has 1 nitrogen and oxygen atoms in total. The topological polar surface area (TPSA) is 12.9 Å². The van der Waals surface area contributed by atoms with E-state index in [0.717, 1.165) is 25.0 Å². The van der Waals surface area contributed by atoms with Gasteiger partial charge in [0.05, 0.1) is 5.69 Å². The second-order valence-corrected chi connectivity index (χ2v) is 7.23. The standard InChI is InChI=1S/C22H31N/c1-7-9-12-22(6,8-2)19-14-17(4)13-18(5)21(19)20-11-10-16(3)15-23-20/h9-13,15,19H,7-8,14H2,1-6H3. The van der Waals surface area contributed by atoms with Gasteiger partial charge in [-0.2, -0.15) is 0 Å². The molecule has 0 aromatic carbocycles. The normalized spacial score (nSPS) is 21.5. The van der Waals surface area contributed by atoms with E-state index in [1.807, 2.05) is 6.20 Å². The maximum atomic E-state index is 4.74. The summed E-state index contributed by atoms with van der Waals surface area (Å²) >= 11 is 0. The molecule has 1 aliphatic carbocycles. The lowest BCUT2D eigenvalue weighted by Crippen LogP contribution is -2.28. The molecular weight excluding hydrogens is 278 g/mol. The van der Waals surface area contributed by atoms with Crippen molar-refractivity contribution < 1.29 is 0 Å². The van der Waals surface area contributed by atoms with Crippen LogP contribution in [0.2, 0.25) is 0 Å². The van der Waals surface area contributed by atoms with Crippen LogP contribution in [0.4, 0.5) is 0 Å². The summed E-state index contributed by atoms with van der Waals surface area (Å²) in [5.41, 5.74) is 6.82. The molecule has 1 aromatic heterocycles. The molecule has 23 heavy (non-hydrogen) atoms. The molecule has 0 spiro atoms. The minimum atomic E-state index is 0.175. The average Bonchev–Trinajstić information content (AvgIpc) is 2.53. The lowest BCUT2D eigenvalue weighted by molar-refractivity contribution is 0.300. The van der Waals surface area contributed by atoms with Gasteiger partial charge in [-0.3, -0.25) is 4.98 Å². The minimum Gasteiger partial charge on any atom is -0.256 e. The Balaban J connectivity index is 2.54. The van der Waals surface area contributed by atoms with Gasteiger partial charge in [0.2, 0.25) is 0 Å². The highest BCUT2D eigenvalue weighted by molar-refractivity contribution is 5.73. The predicted molar refractivity (Wildman–Crippen MR) is 101 cm³/mol. The minimum absolute atomic E-state index is 0.175. The van der Waals surface area contributed by atoms with E-state index in [9.17, 15) is 0 Å². The Kier molecular flexibility index (Phi) is 5.62. The van der Waals surface area contributed by atoms with Crippen molar-refractivity contribution in [3.63, 3.8) is 0 Å². The molecule has 0 saturated carbocycles. The second kappa shape index (κ2) is 7.29. The van der Waals surface area contributed by atoms with E-state index < -0.39 is 0 Å². The van der Waals surface area contributed by atoms with Crippen molar-refractivity contribution in [2.24, 2.45) is 11.3 Å². The van der Waals surface area contributed by atoms with Gasteiger partial charge in [-0.15, -0.1) is 0 Å². The summed E-state index contributed by atoms with van der Waals surface area (Å²) in [6, 6.07) is 4.37. The van der Waals surface area contributed by atoms with E-state index >= 15 is 0 Å². The molecule has 1 heteroatoms. The zero-order chi connectivity index (χ0) is 17.0. The van der Waals surface area contributed by atoms with Crippen LogP contribution < -0.4 is 0 Å². The molecule has 0 bridgehead atoms. The van der Waals surface area contributed by atoms with Crippen LogP contribution in [-0.4, -0.2) is 4.98 Å². The molecule has 0 fully saturated rings. The zero-order valence-electron chi connectivity index (χ0n) is 15.6. The number of aromatic nitrogens is 1. The largest absolute Gasteiger partial charge is 0.256 e. The highest BCUT2D eigenvalue weighted by atomic mass is 14.7. The summed E-state index contributed by atoms with van der Waals surface area (Å²) in [5, 5.41) is 0. The first-order valence-corrected chi connectivity index (χ1v) is 8.90. The molecule has 1 heterocycles. The first kappa shape index (κ1) is 17.7. The first-order chi connectivity index (χ1) is 10.9. The highest BCUT2D eigenvalue weighted by Crippen LogP contribution is 2.48. The van der Waals surface area contributed by atoms with E-state index in [2.05, 4.69) is 71.9 Å². The van der Waals surface area contributed by atoms with Gasteiger partial charge in [0.25, 0.3) is 0 Å². The SMILES string of the molecule is CCC=CC(C)(CC)C1CC(C)=CC(C)=C1c1ccc(C)cn1. The van der Waals surface area contributed by atoms with Crippen LogP contribution >= 0.6 is 0 Å². The summed E-state index contributed by atoms with van der Waals surface area (Å²) < 4.78 is 0. The van der Waals surface area contributed by atoms with Gasteiger partial charge in [0, 0.05) is 6.20 Å². The van der Waals surface area contributed by atoms with Crippen LogP contribution in [0.5, 0.6) is 0 Å². The Bertz CT molecular complexity index is 630. The number of aryl methyl sites for hydroxylation is 1. The number of allylic oxidation sites excluding steroid dienone is 6. The van der Waals surface area contributed by atoms with Gasteiger partial charge in [0.15, 0.2) is 0 Å². The second-order valence-electron chi connectivity index (χ2n) is 7.23. The van der Waals surface area contributed by atoms with Gasteiger partial charge in [-0.1, -0.05) is 50.6 Å². The summed E-state index contributed by atoms with van der Waals surface area (Å²) in [5.74, 6) is 0.496. The van der Waals surface area contributed by atoms with Crippen LogP contribution in [0.1, 0.15) is 65.1 Å². The third-order valence-electron chi connectivity index (χ3n) is 5.24. The smallest absolute Gasteiger partial charge is 0.0667 e. The monoisotopic (exact) mass is 309 g/mol. The molecule has 1 aromatic rings. The van der Waals surface area contributed by atoms with Gasteiger partial charge in [0.1, 0.15) is 0 Å². The van der Waals surface area contributed by atoms with E-state index in [-0.39, 0.29) is 5.41 Å². The maximum Gasteiger partial charge on any atom is 0.0667 e. The van der Waals surface area contributed by atoms with E-state index in [4.69, 9.17) is 4.98 Å². The average molecular weight is 309 g/mol. The summed E-state index contributed by atoms with van der Waals surface area (Å²) in [6.45, 7) is 13.5. The van der Waals surface area contributed by atoms with E-state index in [1.165, 1.54) is 22.3 Å². The summed E-state index contributed by atoms with van der Waals surface area (Å²) in [4.78, 5) is 4.74. The van der Waals surface area contributed by atoms with Crippen LogP contribution in [0, 0.1) is 18.3 Å². The van der Waals surface area contributed by atoms with Crippen molar-refractivity contribution in [3.8, 4) is 0 Å². The lowest BCUT2D eigenvalue weighted by Gasteiger charge is -2.39. The number of hydrogen-bond donors (Lipinski definition) is 0. The van der Waals surface area contributed by atoms with Crippen molar-refractivity contribution in [3.05, 3.63) is 59.0 Å². The molecule has 0 aliphatic heterocycles. The van der Waals surface area contributed by atoms with Crippen molar-refractivity contribution >= 4 is 5.57 Å². The molecule has 0 N–H and O–H groups in total. The van der Waals surface area contributed by atoms with Gasteiger partial charge in [-0.25, -0.2) is 0 Å². The maximum absolute atomic E-state index is 4.74. The number of rotatable bonds is 5. The quantitative estimate of drug-likeness (QED) is 0.565. The number of nitrogens with zero attached hydrogens (tertiary/aromatic N) is 1. The van der Waals surface area contributed by atoms with Crippen LogP contribution in [0.15, 0.2) is 47.7 Å². The molecule has 124 valence electrons. The molecule has 2 atom stereocenters. The van der Waals surface area contributed by atoms with Crippen LogP contribution in [0.3, 0.4) is 0 Å². The summed E-state index contributed by atoms with van der Waals surface area (Å²) in [6.07, 6.45) is 12.5. The Labute approximate surface area is 142 Å². The third-order valence-corrected chi connectivity index (χ3v) is 5.24. The van der Waals surface area contributed by atoms with Crippen LogP contribution in [0.25, 0.3) is 5.57 Å². The Morgan fingerprint density at radius 2 is 1.96 bits per heavy atom. The third kappa shape index (κ3) is 3.83. The van der Waals surface area contributed by atoms with Crippen LogP contribution in [-0.2, 0) is 0 Å². The van der Waals surface area contributed by atoms with E-state index in [1.54, 1.807) is 0 Å². The fraction of sp³-hybridized carbons (Fsp3) is 0.500. The van der Waals surface area contributed by atoms with E-state index in [0.29, 0.717) is 5.92 Å². The fourth-order valence-electron chi connectivity index (χ4n) is 3.64.